The van der Waals surface area contributed by atoms with Crippen LogP contribution in [0.5, 0.6) is 0 Å². The lowest BCUT2D eigenvalue weighted by atomic mass is 10.1. The minimum Gasteiger partial charge on any atom is -0.246 e. The van der Waals surface area contributed by atoms with Crippen LogP contribution in [-0.4, -0.2) is 11.4 Å². The Morgan fingerprint density at radius 1 is 0.517 bits per heavy atom. The van der Waals surface area contributed by atoms with Gasteiger partial charge >= 0.3 is 0 Å². The highest BCUT2D eigenvalue weighted by Gasteiger charge is 2.27. The first-order valence-electron chi connectivity index (χ1n) is 9.95. The van der Waals surface area contributed by atoms with Crippen LogP contribution in [0.1, 0.15) is 27.8 Å². The van der Waals surface area contributed by atoms with Crippen LogP contribution in [0, 0.1) is 20.8 Å². The maximum Gasteiger partial charge on any atom is 0.0979 e. The van der Waals surface area contributed by atoms with Crippen LogP contribution in [0.2, 0.25) is 0 Å². The van der Waals surface area contributed by atoms with Gasteiger partial charge in [0.05, 0.1) is 22.8 Å². The van der Waals surface area contributed by atoms with Gasteiger partial charge in [-0.25, -0.2) is 9.98 Å². The first kappa shape index (κ1) is 17.6. The van der Waals surface area contributed by atoms with Crippen LogP contribution in [-0.2, 0) is 0 Å². The van der Waals surface area contributed by atoms with Crippen molar-refractivity contribution in [3.05, 3.63) is 107 Å². The summed E-state index contributed by atoms with van der Waals surface area (Å²) in [5.41, 5.74) is 9.76. The van der Waals surface area contributed by atoms with E-state index in [9.17, 15) is 0 Å². The quantitative estimate of drug-likeness (QED) is 0.360. The Labute approximate surface area is 171 Å². The van der Waals surface area contributed by atoms with E-state index in [0.717, 1.165) is 39.5 Å². The van der Waals surface area contributed by atoms with Crippen LogP contribution in [0.4, 0.5) is 11.4 Å². The van der Waals surface area contributed by atoms with Crippen LogP contribution in [0.25, 0.3) is 10.8 Å². The third-order valence-corrected chi connectivity index (χ3v) is 5.65. The first-order valence-corrected chi connectivity index (χ1v) is 9.95. The molecule has 1 aliphatic rings. The number of hydrogen-bond donors (Lipinski definition) is 0. The fraction of sp³-hybridized carbons (Fsp3) is 0.111. The standard InChI is InChI=1S/C27H22N2/c1-17-9-4-5-16-23(17)28-26-21-14-7-12-20-13-8-15-22(24(20)21)27(26)29-25-18(2)10-6-11-19(25)3/h4-16H,1-3H3/b28-26+,29-27+. The molecule has 4 aromatic rings. The summed E-state index contributed by atoms with van der Waals surface area (Å²) in [5.74, 6) is 0. The van der Waals surface area contributed by atoms with E-state index in [0.29, 0.717) is 0 Å². The minimum absolute atomic E-state index is 0.953. The highest BCUT2D eigenvalue weighted by atomic mass is 14.8. The van der Waals surface area contributed by atoms with Gasteiger partial charge in [-0.1, -0.05) is 72.8 Å². The fourth-order valence-electron chi connectivity index (χ4n) is 4.12. The molecule has 29 heavy (non-hydrogen) atoms. The summed E-state index contributed by atoms with van der Waals surface area (Å²) < 4.78 is 0. The summed E-state index contributed by atoms with van der Waals surface area (Å²) in [6.07, 6.45) is 0. The van der Waals surface area contributed by atoms with Gasteiger partial charge in [-0.15, -0.1) is 0 Å². The summed E-state index contributed by atoms with van der Waals surface area (Å²) in [7, 11) is 0. The Balaban J connectivity index is 1.84. The summed E-state index contributed by atoms with van der Waals surface area (Å²) in [6, 6.07) is 27.5. The maximum absolute atomic E-state index is 5.19. The molecule has 4 aromatic carbocycles. The molecule has 0 aromatic heterocycles. The lowest BCUT2D eigenvalue weighted by Gasteiger charge is -2.09. The number of aryl methyl sites for hydroxylation is 3. The molecule has 0 unspecified atom stereocenters. The van der Waals surface area contributed by atoms with Crippen LogP contribution in [0.15, 0.2) is 88.8 Å². The zero-order valence-corrected chi connectivity index (χ0v) is 16.9. The Morgan fingerprint density at radius 2 is 1.07 bits per heavy atom. The second kappa shape index (κ2) is 6.82. The lowest BCUT2D eigenvalue weighted by molar-refractivity contribution is 1.33. The highest BCUT2D eigenvalue weighted by Crippen LogP contribution is 2.35. The second-order valence-corrected chi connectivity index (χ2v) is 7.66. The molecule has 140 valence electrons. The van der Waals surface area contributed by atoms with E-state index in [1.807, 2.05) is 6.07 Å². The zero-order valence-electron chi connectivity index (χ0n) is 16.9. The molecule has 0 spiro atoms. The molecule has 0 radical (unpaired) electrons. The molecular weight excluding hydrogens is 352 g/mol. The van der Waals surface area contributed by atoms with Crippen molar-refractivity contribution in [2.24, 2.45) is 9.98 Å². The van der Waals surface area contributed by atoms with Crippen molar-refractivity contribution >= 4 is 33.6 Å². The molecule has 0 aliphatic heterocycles. The molecule has 0 atom stereocenters. The van der Waals surface area contributed by atoms with Gasteiger partial charge in [0.25, 0.3) is 0 Å². The van der Waals surface area contributed by atoms with E-state index in [2.05, 4.69) is 93.6 Å². The van der Waals surface area contributed by atoms with Crippen LogP contribution in [0.3, 0.4) is 0 Å². The summed E-state index contributed by atoms with van der Waals surface area (Å²) in [5, 5.41) is 2.47. The maximum atomic E-state index is 5.19. The van der Waals surface area contributed by atoms with Crippen molar-refractivity contribution < 1.29 is 0 Å². The van der Waals surface area contributed by atoms with E-state index < -0.39 is 0 Å². The highest BCUT2D eigenvalue weighted by molar-refractivity contribution is 6.61. The molecule has 0 saturated heterocycles. The second-order valence-electron chi connectivity index (χ2n) is 7.66. The molecular formula is C27H22N2. The molecule has 1 aliphatic carbocycles. The van der Waals surface area contributed by atoms with Crippen LogP contribution < -0.4 is 0 Å². The van der Waals surface area contributed by atoms with Crippen molar-refractivity contribution in [1.29, 1.82) is 0 Å². The van der Waals surface area contributed by atoms with Crippen LogP contribution >= 0.6 is 0 Å². The monoisotopic (exact) mass is 374 g/mol. The zero-order chi connectivity index (χ0) is 20.0. The number of nitrogens with zero attached hydrogens (tertiary/aromatic N) is 2. The van der Waals surface area contributed by atoms with Gasteiger partial charge < -0.3 is 0 Å². The molecule has 0 amide bonds. The molecule has 2 heteroatoms. The molecule has 0 N–H and O–H groups in total. The van der Waals surface area contributed by atoms with Crippen molar-refractivity contribution in [2.75, 3.05) is 0 Å². The normalized spacial score (nSPS) is 15.6. The number of hydrogen-bond acceptors (Lipinski definition) is 2. The number of para-hydroxylation sites is 2. The van der Waals surface area contributed by atoms with Gasteiger partial charge in [-0.3, -0.25) is 0 Å². The Bertz CT molecular complexity index is 1300. The van der Waals surface area contributed by atoms with E-state index in [1.54, 1.807) is 0 Å². The van der Waals surface area contributed by atoms with Crippen molar-refractivity contribution in [3.63, 3.8) is 0 Å². The van der Waals surface area contributed by atoms with Crippen molar-refractivity contribution in [3.8, 4) is 0 Å². The summed E-state index contributed by atoms with van der Waals surface area (Å²) in [6.45, 7) is 6.34. The average molecular weight is 374 g/mol. The van der Waals surface area contributed by atoms with E-state index in [-0.39, 0.29) is 0 Å². The van der Waals surface area contributed by atoms with Gasteiger partial charge in [0.1, 0.15) is 0 Å². The SMILES string of the molecule is Cc1ccccc1/N=C1/C(=N/c2c(C)cccc2C)c2cccc3cccc1c23. The number of rotatable bonds is 2. The lowest BCUT2D eigenvalue weighted by Crippen LogP contribution is -2.10. The predicted octanol–water partition coefficient (Wildman–Crippen LogP) is 7.02. The molecule has 5 rings (SSSR count). The average Bonchev–Trinajstić information content (AvgIpc) is 3.02. The van der Waals surface area contributed by atoms with Crippen molar-refractivity contribution in [2.45, 2.75) is 20.8 Å². The van der Waals surface area contributed by atoms with Gasteiger partial charge in [-0.05, 0) is 48.9 Å². The van der Waals surface area contributed by atoms with Crippen molar-refractivity contribution in [1.82, 2.24) is 0 Å². The smallest absolute Gasteiger partial charge is 0.0979 e. The molecule has 2 nitrogen and oxygen atoms in total. The third-order valence-electron chi connectivity index (χ3n) is 5.65. The fourth-order valence-corrected chi connectivity index (χ4v) is 4.12. The number of aliphatic imine (C=N–C) groups is 2. The van der Waals surface area contributed by atoms with E-state index in [1.165, 1.54) is 21.9 Å². The number of benzene rings is 4. The Kier molecular flexibility index (Phi) is 4.13. The Hall–Kier alpha value is -3.52. The molecule has 0 heterocycles. The summed E-state index contributed by atoms with van der Waals surface area (Å²) >= 11 is 0. The minimum atomic E-state index is 0.953. The first-order chi connectivity index (χ1) is 14.1. The van der Waals surface area contributed by atoms with Gasteiger partial charge in [-0.2, -0.15) is 0 Å². The van der Waals surface area contributed by atoms with Gasteiger partial charge in [0, 0.05) is 16.5 Å². The summed E-state index contributed by atoms with van der Waals surface area (Å²) in [4.78, 5) is 10.3. The van der Waals surface area contributed by atoms with Gasteiger partial charge in [0.2, 0.25) is 0 Å². The molecule has 0 saturated carbocycles. The third kappa shape index (κ3) is 2.89. The predicted molar refractivity (Wildman–Crippen MR) is 123 cm³/mol. The molecule has 0 bridgehead atoms. The van der Waals surface area contributed by atoms with E-state index >= 15 is 0 Å². The Morgan fingerprint density at radius 3 is 1.72 bits per heavy atom. The van der Waals surface area contributed by atoms with Gasteiger partial charge in [0.15, 0.2) is 0 Å². The topological polar surface area (TPSA) is 24.7 Å². The largest absolute Gasteiger partial charge is 0.246 e. The molecule has 0 fully saturated rings. The van der Waals surface area contributed by atoms with E-state index in [4.69, 9.17) is 9.98 Å².